The van der Waals surface area contributed by atoms with Crippen LogP contribution in [0, 0.1) is 12.3 Å². The molecule has 186 valence electrons. The first kappa shape index (κ1) is 25.9. The van der Waals surface area contributed by atoms with Gasteiger partial charge in [0, 0.05) is 24.4 Å². The number of methoxy groups -OCH3 is 1. The van der Waals surface area contributed by atoms with E-state index < -0.39 is 5.97 Å². The Balaban J connectivity index is 1.84. The Hall–Kier alpha value is -3.68. The van der Waals surface area contributed by atoms with E-state index in [0.29, 0.717) is 41.9 Å². The summed E-state index contributed by atoms with van der Waals surface area (Å²) in [6, 6.07) is 11.3. The van der Waals surface area contributed by atoms with E-state index in [1.54, 1.807) is 33.2 Å². The largest absolute Gasteiger partial charge is 0.497 e. The Morgan fingerprint density at radius 2 is 1.80 bits per heavy atom. The summed E-state index contributed by atoms with van der Waals surface area (Å²) in [6.07, 6.45) is 2.61. The normalized spacial score (nSPS) is 11.1. The van der Waals surface area contributed by atoms with E-state index in [9.17, 15) is 4.79 Å². The zero-order valence-electron chi connectivity index (χ0n) is 21.3. The molecule has 35 heavy (non-hydrogen) atoms. The molecule has 0 aliphatic heterocycles. The number of hydrogen-bond donors (Lipinski definition) is 1. The first-order valence-corrected chi connectivity index (χ1v) is 11.7. The maximum Gasteiger partial charge on any atom is 0.343 e. The quantitative estimate of drug-likeness (QED) is 0.384. The van der Waals surface area contributed by atoms with E-state index >= 15 is 0 Å². The van der Waals surface area contributed by atoms with Crippen molar-refractivity contribution in [1.82, 2.24) is 15.0 Å². The van der Waals surface area contributed by atoms with Gasteiger partial charge in [-0.2, -0.15) is 0 Å². The van der Waals surface area contributed by atoms with Gasteiger partial charge in [0.1, 0.15) is 17.1 Å². The number of esters is 1. The number of rotatable bonds is 10. The van der Waals surface area contributed by atoms with Gasteiger partial charge < -0.3 is 19.5 Å². The Kier molecular flexibility index (Phi) is 8.63. The number of carbonyl (C=O) groups is 1. The topological polar surface area (TPSA) is 95.5 Å². The minimum atomic E-state index is -0.463. The number of carbonyl (C=O) groups excluding carboxylic acids is 1. The van der Waals surface area contributed by atoms with E-state index in [2.05, 4.69) is 41.0 Å². The standard InChI is InChI=1S/C27H34N4O4/c1-7-34-26(32)23-18(2)30-24(20-10-13-22(28-17-20)35-15-14-27(3,4)5)31-25(23)29-16-19-8-11-21(33-6)12-9-19/h8-13,17H,7,14-16H2,1-6H3,(H,29,30,31). The average molecular weight is 479 g/mol. The van der Waals surface area contributed by atoms with Crippen molar-refractivity contribution in [2.24, 2.45) is 5.41 Å². The summed E-state index contributed by atoms with van der Waals surface area (Å²) in [5.74, 6) is 1.73. The Labute approximate surface area is 207 Å². The van der Waals surface area contributed by atoms with Gasteiger partial charge in [0.2, 0.25) is 5.88 Å². The molecule has 0 fully saturated rings. The van der Waals surface area contributed by atoms with Crippen LogP contribution in [0.3, 0.4) is 0 Å². The summed E-state index contributed by atoms with van der Waals surface area (Å²) in [5, 5.41) is 3.27. The SMILES string of the molecule is CCOC(=O)c1c(C)nc(-c2ccc(OCCC(C)(C)C)nc2)nc1NCc1ccc(OC)cc1. The molecule has 2 aromatic heterocycles. The second-order valence-corrected chi connectivity index (χ2v) is 9.32. The predicted octanol–water partition coefficient (Wildman–Crippen LogP) is 5.46. The summed E-state index contributed by atoms with van der Waals surface area (Å²) in [7, 11) is 1.63. The maximum absolute atomic E-state index is 12.7. The molecule has 0 radical (unpaired) electrons. The number of nitrogens with one attached hydrogen (secondary N) is 1. The van der Waals surface area contributed by atoms with Crippen LogP contribution >= 0.6 is 0 Å². The minimum Gasteiger partial charge on any atom is -0.497 e. The van der Waals surface area contributed by atoms with Crippen LogP contribution in [0.2, 0.25) is 0 Å². The van der Waals surface area contributed by atoms with Crippen molar-refractivity contribution in [2.75, 3.05) is 25.6 Å². The molecule has 0 unspecified atom stereocenters. The molecule has 0 amide bonds. The lowest BCUT2D eigenvalue weighted by Gasteiger charge is -2.17. The van der Waals surface area contributed by atoms with E-state index in [0.717, 1.165) is 23.3 Å². The van der Waals surface area contributed by atoms with Crippen molar-refractivity contribution in [3.05, 3.63) is 59.4 Å². The van der Waals surface area contributed by atoms with Gasteiger partial charge >= 0.3 is 5.97 Å². The van der Waals surface area contributed by atoms with Crippen LogP contribution in [-0.4, -0.2) is 41.2 Å². The summed E-state index contributed by atoms with van der Waals surface area (Å²) >= 11 is 0. The van der Waals surface area contributed by atoms with Gasteiger partial charge in [-0.25, -0.2) is 19.7 Å². The fourth-order valence-electron chi connectivity index (χ4n) is 3.27. The molecule has 1 N–H and O–H groups in total. The zero-order chi connectivity index (χ0) is 25.4. The van der Waals surface area contributed by atoms with Gasteiger partial charge in [-0.15, -0.1) is 0 Å². The number of benzene rings is 1. The van der Waals surface area contributed by atoms with Gasteiger partial charge in [0.15, 0.2) is 5.82 Å². The maximum atomic E-state index is 12.7. The third-order valence-corrected chi connectivity index (χ3v) is 5.29. The second-order valence-electron chi connectivity index (χ2n) is 9.32. The van der Waals surface area contributed by atoms with Crippen molar-refractivity contribution >= 4 is 11.8 Å². The van der Waals surface area contributed by atoms with Crippen LogP contribution in [0.15, 0.2) is 42.6 Å². The van der Waals surface area contributed by atoms with Gasteiger partial charge in [0.05, 0.1) is 26.0 Å². The van der Waals surface area contributed by atoms with Crippen molar-refractivity contribution < 1.29 is 19.0 Å². The molecule has 0 aliphatic carbocycles. The minimum absolute atomic E-state index is 0.196. The third kappa shape index (κ3) is 7.40. The molecule has 0 atom stereocenters. The van der Waals surface area contributed by atoms with Crippen LogP contribution in [0.5, 0.6) is 11.6 Å². The molecule has 8 nitrogen and oxygen atoms in total. The lowest BCUT2D eigenvalue weighted by Crippen LogP contribution is -2.15. The van der Waals surface area contributed by atoms with Crippen molar-refractivity contribution in [3.8, 4) is 23.0 Å². The Morgan fingerprint density at radius 1 is 1.06 bits per heavy atom. The molecule has 0 saturated carbocycles. The van der Waals surface area contributed by atoms with Gasteiger partial charge in [-0.05, 0) is 49.4 Å². The molecular formula is C27H34N4O4. The van der Waals surface area contributed by atoms with Crippen LogP contribution in [0.25, 0.3) is 11.4 Å². The predicted molar refractivity (Wildman–Crippen MR) is 136 cm³/mol. The van der Waals surface area contributed by atoms with Gasteiger partial charge in [-0.1, -0.05) is 32.9 Å². The van der Waals surface area contributed by atoms with Crippen molar-refractivity contribution in [3.63, 3.8) is 0 Å². The van der Waals surface area contributed by atoms with E-state index in [4.69, 9.17) is 14.2 Å². The summed E-state index contributed by atoms with van der Waals surface area (Å²) in [6.45, 7) is 11.4. The summed E-state index contributed by atoms with van der Waals surface area (Å²) in [5.41, 5.74) is 2.77. The average Bonchev–Trinajstić information content (AvgIpc) is 2.82. The molecule has 0 spiro atoms. The molecule has 3 aromatic rings. The first-order valence-electron chi connectivity index (χ1n) is 11.7. The number of hydrogen-bond acceptors (Lipinski definition) is 8. The van der Waals surface area contributed by atoms with Crippen molar-refractivity contribution in [2.45, 2.75) is 47.6 Å². The van der Waals surface area contributed by atoms with E-state index in [1.807, 2.05) is 30.3 Å². The molecule has 3 rings (SSSR count). The highest BCUT2D eigenvalue weighted by Crippen LogP contribution is 2.25. The first-order chi connectivity index (χ1) is 16.7. The van der Waals surface area contributed by atoms with E-state index in [1.165, 1.54) is 0 Å². The highest BCUT2D eigenvalue weighted by molar-refractivity contribution is 5.96. The number of anilines is 1. The summed E-state index contributed by atoms with van der Waals surface area (Å²) < 4.78 is 16.2. The highest BCUT2D eigenvalue weighted by Gasteiger charge is 2.21. The molecule has 1 aromatic carbocycles. The Bertz CT molecular complexity index is 1120. The zero-order valence-corrected chi connectivity index (χ0v) is 21.3. The van der Waals surface area contributed by atoms with Crippen LogP contribution in [0.1, 0.15) is 55.7 Å². The number of aryl methyl sites for hydroxylation is 1. The van der Waals surface area contributed by atoms with Crippen LogP contribution < -0.4 is 14.8 Å². The smallest absolute Gasteiger partial charge is 0.343 e. The number of pyridine rings is 1. The lowest BCUT2D eigenvalue weighted by atomic mass is 9.93. The Morgan fingerprint density at radius 3 is 2.40 bits per heavy atom. The van der Waals surface area contributed by atoms with Gasteiger partial charge in [-0.3, -0.25) is 0 Å². The van der Waals surface area contributed by atoms with Crippen LogP contribution in [-0.2, 0) is 11.3 Å². The van der Waals surface area contributed by atoms with E-state index in [-0.39, 0.29) is 12.0 Å². The molecule has 0 aliphatic rings. The number of aromatic nitrogens is 3. The number of ether oxygens (including phenoxy) is 3. The number of nitrogens with zero attached hydrogens (tertiary/aromatic N) is 3. The second kappa shape index (κ2) is 11.6. The molecule has 2 heterocycles. The fourth-order valence-corrected chi connectivity index (χ4v) is 3.27. The van der Waals surface area contributed by atoms with Crippen LogP contribution in [0.4, 0.5) is 5.82 Å². The lowest BCUT2D eigenvalue weighted by molar-refractivity contribution is 0.0525. The molecule has 8 heteroatoms. The summed E-state index contributed by atoms with van der Waals surface area (Å²) in [4.78, 5) is 26.3. The molecule has 0 saturated heterocycles. The van der Waals surface area contributed by atoms with Crippen molar-refractivity contribution in [1.29, 1.82) is 0 Å². The molecule has 0 bridgehead atoms. The molecular weight excluding hydrogens is 444 g/mol. The third-order valence-electron chi connectivity index (χ3n) is 5.29. The highest BCUT2D eigenvalue weighted by atomic mass is 16.5. The monoisotopic (exact) mass is 478 g/mol. The van der Waals surface area contributed by atoms with Gasteiger partial charge in [0.25, 0.3) is 0 Å². The fraction of sp³-hybridized carbons (Fsp3) is 0.407.